The number of nitrogens with one attached hydrogen (secondary N) is 3. The predicted octanol–water partition coefficient (Wildman–Crippen LogP) is 3.94. The number of benzene rings is 2. The second kappa shape index (κ2) is 14.1. The average Bonchev–Trinajstić information content (AvgIpc) is 3.71. The topological polar surface area (TPSA) is 141 Å². The summed E-state index contributed by atoms with van der Waals surface area (Å²) in [5, 5.41) is 21.3. The zero-order valence-electron chi connectivity index (χ0n) is 27.1. The van der Waals surface area contributed by atoms with Crippen LogP contribution in [0.2, 0.25) is 0 Å². The highest BCUT2D eigenvalue weighted by atomic mass is 32.1. The molecule has 5 rings (SSSR count). The summed E-state index contributed by atoms with van der Waals surface area (Å²) in [4.78, 5) is 56.8. The van der Waals surface area contributed by atoms with E-state index in [4.69, 9.17) is 0 Å². The third kappa shape index (κ3) is 8.10. The predicted molar refractivity (Wildman–Crippen MR) is 180 cm³/mol. The number of carbonyl (C=O) groups is 4. The Kier molecular flexibility index (Phi) is 10.5. The maximum absolute atomic E-state index is 14.3. The van der Waals surface area contributed by atoms with Gasteiger partial charge in [0.2, 0.25) is 17.7 Å². The molecule has 262 valence electrons. The van der Waals surface area contributed by atoms with E-state index in [-0.39, 0.29) is 30.3 Å². The summed E-state index contributed by atoms with van der Waals surface area (Å²) >= 11 is 5.73. The van der Waals surface area contributed by atoms with Crippen molar-refractivity contribution in [3.05, 3.63) is 76.1 Å². The molecule has 15 heteroatoms. The van der Waals surface area contributed by atoms with Gasteiger partial charge in [-0.2, -0.15) is 13.2 Å². The van der Waals surface area contributed by atoms with Gasteiger partial charge in [-0.25, -0.2) is 4.98 Å². The Balaban J connectivity index is 1.48. The third-order valence-corrected chi connectivity index (χ3v) is 10.5. The number of aromatic nitrogens is 1. The van der Waals surface area contributed by atoms with E-state index >= 15 is 0 Å². The fraction of sp³-hybridized carbons (Fsp3) is 0.441. The number of carbonyl (C=O) groups excluding carboxylic acids is 4. The van der Waals surface area contributed by atoms with Gasteiger partial charge in [0.25, 0.3) is 0 Å². The number of rotatable bonds is 9. The molecule has 1 fully saturated rings. The minimum Gasteiger partial charge on any atom is -0.371 e. The molecule has 1 saturated heterocycles. The minimum absolute atomic E-state index is 0.00880. The number of thiazole rings is 1. The van der Waals surface area contributed by atoms with Crippen LogP contribution in [-0.4, -0.2) is 69.5 Å². The SMILES string of the molecule is CC(C)(C)[C@H](NC(=O)C(F)(F)F)C(=O)N1Cc2ccccc2C[C@H]1C(=O)N[C@@H](C[C@@H]1CCNC1=O)[C@@](O)(S)c1nc(-c2ccccc2)cs1. The number of aliphatic hydroxyl groups is 1. The van der Waals surface area contributed by atoms with E-state index in [1.807, 2.05) is 35.6 Å². The summed E-state index contributed by atoms with van der Waals surface area (Å²) in [7, 11) is 0. The number of hydrogen-bond acceptors (Lipinski definition) is 8. The standard InChI is InChI=1S/C34H38F3N5O5S2/c1-32(2,3)26(41-30(46)34(35,36)37)29(45)42-17-22-12-8-7-11-20(22)15-24(42)28(44)40-25(16-21-13-14-38-27(21)43)33(47,48)31-39-23(18-49-31)19-9-5-4-6-10-19/h4-12,18,21,24-26,47-48H,13-17H2,1-3H3,(H,38,43)(H,40,44)(H,41,46)/t21-,24-,25-,26+,33+/m0/s1. The summed E-state index contributed by atoms with van der Waals surface area (Å²) in [6, 6.07) is 12.3. The summed E-state index contributed by atoms with van der Waals surface area (Å²) < 4.78 is 40.0. The maximum atomic E-state index is 14.3. The van der Waals surface area contributed by atoms with Crippen LogP contribution in [0.25, 0.3) is 11.3 Å². The quantitative estimate of drug-likeness (QED) is 0.168. The fourth-order valence-electron chi connectivity index (χ4n) is 6.10. The van der Waals surface area contributed by atoms with E-state index in [0.717, 1.165) is 27.4 Å². The Hall–Kier alpha value is -3.95. The summed E-state index contributed by atoms with van der Waals surface area (Å²) in [5.41, 5.74) is 1.65. The number of nitrogens with zero attached hydrogens (tertiary/aromatic N) is 2. The van der Waals surface area contributed by atoms with Crippen molar-refractivity contribution in [1.82, 2.24) is 25.8 Å². The van der Waals surface area contributed by atoms with E-state index in [9.17, 15) is 37.5 Å². The molecule has 1 aromatic heterocycles. The van der Waals surface area contributed by atoms with E-state index in [1.54, 1.807) is 29.6 Å². The molecule has 0 bridgehead atoms. The maximum Gasteiger partial charge on any atom is 0.471 e. The Morgan fingerprint density at radius 1 is 1.06 bits per heavy atom. The Labute approximate surface area is 291 Å². The first-order chi connectivity index (χ1) is 23.0. The molecule has 2 aromatic carbocycles. The molecule has 2 aliphatic heterocycles. The van der Waals surface area contributed by atoms with E-state index in [2.05, 4.69) is 28.2 Å². The monoisotopic (exact) mass is 717 g/mol. The molecule has 0 unspecified atom stereocenters. The molecule has 0 spiro atoms. The van der Waals surface area contributed by atoms with Gasteiger partial charge in [0.1, 0.15) is 17.1 Å². The minimum atomic E-state index is -5.23. The first-order valence-electron chi connectivity index (χ1n) is 15.8. The summed E-state index contributed by atoms with van der Waals surface area (Å²) in [6.07, 6.45) is -4.78. The van der Waals surface area contributed by atoms with Crippen LogP contribution in [0.5, 0.6) is 0 Å². The number of fused-ring (bicyclic) bond motifs is 1. The molecule has 0 radical (unpaired) electrons. The van der Waals surface area contributed by atoms with Crippen LogP contribution in [0.15, 0.2) is 60.0 Å². The van der Waals surface area contributed by atoms with E-state index in [1.165, 1.54) is 20.8 Å². The van der Waals surface area contributed by atoms with Crippen LogP contribution >= 0.6 is 24.0 Å². The van der Waals surface area contributed by atoms with Crippen molar-refractivity contribution < 1.29 is 37.5 Å². The molecule has 4 N–H and O–H groups in total. The van der Waals surface area contributed by atoms with Gasteiger partial charge in [-0.1, -0.05) is 75.4 Å². The highest BCUT2D eigenvalue weighted by molar-refractivity contribution is 7.81. The first kappa shape index (κ1) is 36.3. The van der Waals surface area contributed by atoms with Crippen LogP contribution in [0.4, 0.5) is 13.2 Å². The van der Waals surface area contributed by atoms with Crippen molar-refractivity contribution in [2.45, 2.75) is 75.8 Å². The van der Waals surface area contributed by atoms with Gasteiger partial charge in [0, 0.05) is 36.4 Å². The molecule has 5 atom stereocenters. The number of halogens is 3. The molecule has 3 heterocycles. The van der Waals surface area contributed by atoms with Gasteiger partial charge in [-0.15, -0.1) is 24.0 Å². The number of thiol groups is 1. The lowest BCUT2D eigenvalue weighted by atomic mass is 9.84. The highest BCUT2D eigenvalue weighted by Gasteiger charge is 2.48. The lowest BCUT2D eigenvalue weighted by Crippen LogP contribution is -2.63. The second-order valence-electron chi connectivity index (χ2n) is 13.4. The summed E-state index contributed by atoms with van der Waals surface area (Å²) in [6.45, 7) is 4.85. The molecule has 0 aliphatic carbocycles. The molecule has 4 amide bonds. The molecule has 0 saturated carbocycles. The van der Waals surface area contributed by atoms with Crippen molar-refractivity contribution in [1.29, 1.82) is 0 Å². The van der Waals surface area contributed by atoms with Crippen LogP contribution < -0.4 is 16.0 Å². The van der Waals surface area contributed by atoms with Gasteiger partial charge in [0.15, 0.2) is 4.93 Å². The van der Waals surface area contributed by atoms with Crippen molar-refractivity contribution in [3.63, 3.8) is 0 Å². The van der Waals surface area contributed by atoms with Crippen molar-refractivity contribution in [2.75, 3.05) is 6.54 Å². The zero-order valence-corrected chi connectivity index (χ0v) is 28.8. The Morgan fingerprint density at radius 3 is 2.33 bits per heavy atom. The van der Waals surface area contributed by atoms with Gasteiger partial charge in [-0.3, -0.25) is 19.2 Å². The van der Waals surface area contributed by atoms with Crippen LogP contribution in [0.3, 0.4) is 0 Å². The van der Waals surface area contributed by atoms with Crippen LogP contribution in [0.1, 0.15) is 49.7 Å². The first-order valence-corrected chi connectivity index (χ1v) is 17.1. The number of hydrogen-bond donors (Lipinski definition) is 5. The molecular formula is C34H38F3N5O5S2. The van der Waals surface area contributed by atoms with Gasteiger partial charge in [0.05, 0.1) is 11.7 Å². The smallest absolute Gasteiger partial charge is 0.371 e. The Bertz CT molecular complexity index is 1710. The second-order valence-corrected chi connectivity index (χ2v) is 15.0. The molecule has 2 aliphatic rings. The van der Waals surface area contributed by atoms with Crippen molar-refractivity contribution in [2.24, 2.45) is 11.3 Å². The van der Waals surface area contributed by atoms with E-state index in [0.29, 0.717) is 24.2 Å². The lowest BCUT2D eigenvalue weighted by Gasteiger charge is -2.42. The highest BCUT2D eigenvalue weighted by Crippen LogP contribution is 2.38. The van der Waals surface area contributed by atoms with Gasteiger partial charge in [-0.05, 0) is 29.4 Å². The fourth-order valence-corrected chi connectivity index (χ4v) is 7.35. The average molecular weight is 718 g/mol. The summed E-state index contributed by atoms with van der Waals surface area (Å²) in [5.74, 6) is -4.67. The molecule has 3 aromatic rings. The molecular weight excluding hydrogens is 680 g/mol. The van der Waals surface area contributed by atoms with Crippen LogP contribution in [-0.2, 0) is 37.1 Å². The number of alkyl halides is 3. The number of amides is 4. The van der Waals surface area contributed by atoms with E-state index < -0.39 is 58.3 Å². The Morgan fingerprint density at radius 2 is 1.71 bits per heavy atom. The van der Waals surface area contributed by atoms with Gasteiger partial charge < -0.3 is 26.0 Å². The molecule has 49 heavy (non-hydrogen) atoms. The largest absolute Gasteiger partial charge is 0.471 e. The van der Waals surface area contributed by atoms with Crippen LogP contribution in [0, 0.1) is 11.3 Å². The third-order valence-electron chi connectivity index (χ3n) is 8.85. The van der Waals surface area contributed by atoms with Crippen molar-refractivity contribution in [3.8, 4) is 11.3 Å². The van der Waals surface area contributed by atoms with Crippen molar-refractivity contribution >= 4 is 47.6 Å². The normalized spacial score (nSPS) is 20.4. The van der Waals surface area contributed by atoms with Gasteiger partial charge >= 0.3 is 12.1 Å². The lowest BCUT2D eigenvalue weighted by molar-refractivity contribution is -0.176. The molecule has 10 nitrogen and oxygen atoms in total. The zero-order chi connectivity index (χ0) is 35.7.